The van der Waals surface area contributed by atoms with Gasteiger partial charge in [-0.15, -0.1) is 16.4 Å². The fourth-order valence-electron chi connectivity index (χ4n) is 2.04. The van der Waals surface area contributed by atoms with E-state index in [0.29, 0.717) is 6.42 Å². The van der Waals surface area contributed by atoms with Gasteiger partial charge >= 0.3 is 0 Å². The molecular weight excluding hydrogens is 286 g/mol. The van der Waals surface area contributed by atoms with Crippen LogP contribution in [0, 0.1) is 6.92 Å². The van der Waals surface area contributed by atoms with Crippen LogP contribution in [-0.4, -0.2) is 26.1 Å². The van der Waals surface area contributed by atoms with Crippen molar-refractivity contribution in [3.05, 3.63) is 52.5 Å². The number of rotatable bonds is 4. The number of benzene rings is 1. The molecule has 0 saturated carbocycles. The second-order valence-electron chi connectivity index (χ2n) is 4.56. The molecule has 0 aliphatic rings. The van der Waals surface area contributed by atoms with Gasteiger partial charge in [-0.05, 0) is 52.6 Å². The second-order valence-corrected chi connectivity index (χ2v) is 5.59. The first-order chi connectivity index (χ1) is 10.2. The summed E-state index contributed by atoms with van der Waals surface area (Å²) in [5, 5.41) is 16.0. The number of carbonyl (C=O) groups excluding carboxylic acids is 1. The summed E-state index contributed by atoms with van der Waals surface area (Å²) >= 11 is 1.58. The predicted molar refractivity (Wildman–Crippen MR) is 80.5 cm³/mol. The molecule has 6 nitrogen and oxygen atoms in total. The monoisotopic (exact) mass is 299 g/mol. The molecule has 1 N–H and O–H groups in total. The van der Waals surface area contributed by atoms with Crippen molar-refractivity contribution in [3.63, 3.8) is 0 Å². The number of amides is 1. The van der Waals surface area contributed by atoms with Crippen molar-refractivity contribution >= 4 is 22.9 Å². The maximum absolute atomic E-state index is 12.0. The fraction of sp³-hybridized carbons (Fsp3) is 0.143. The van der Waals surface area contributed by atoms with E-state index in [1.807, 2.05) is 42.6 Å². The maximum atomic E-state index is 12.0. The number of thiophene rings is 1. The Labute approximate surface area is 125 Å². The molecule has 0 saturated heterocycles. The molecule has 0 aliphatic carbocycles. The zero-order valence-electron chi connectivity index (χ0n) is 11.4. The van der Waals surface area contributed by atoms with E-state index in [1.165, 1.54) is 6.33 Å². The number of aromatic nitrogens is 4. The number of nitrogens with one attached hydrogen (secondary N) is 1. The minimum Gasteiger partial charge on any atom is -0.326 e. The summed E-state index contributed by atoms with van der Waals surface area (Å²) in [4.78, 5) is 13.0. The lowest BCUT2D eigenvalue weighted by atomic mass is 10.1. The maximum Gasteiger partial charge on any atom is 0.229 e. The van der Waals surface area contributed by atoms with E-state index in [-0.39, 0.29) is 5.91 Å². The molecule has 1 aromatic carbocycles. The Morgan fingerprint density at radius 2 is 2.29 bits per heavy atom. The van der Waals surface area contributed by atoms with E-state index in [0.717, 1.165) is 21.8 Å². The van der Waals surface area contributed by atoms with Crippen molar-refractivity contribution in [1.82, 2.24) is 20.2 Å². The number of hydrogen-bond acceptors (Lipinski definition) is 5. The molecule has 0 radical (unpaired) electrons. The van der Waals surface area contributed by atoms with Gasteiger partial charge in [0.15, 0.2) is 0 Å². The largest absolute Gasteiger partial charge is 0.326 e. The molecule has 2 aromatic heterocycles. The lowest BCUT2D eigenvalue weighted by molar-refractivity contribution is -0.115. The Morgan fingerprint density at radius 3 is 2.95 bits per heavy atom. The van der Waals surface area contributed by atoms with E-state index < -0.39 is 0 Å². The van der Waals surface area contributed by atoms with Crippen LogP contribution in [0.3, 0.4) is 0 Å². The molecule has 0 spiro atoms. The third-order valence-corrected chi connectivity index (χ3v) is 3.87. The number of hydrogen-bond donors (Lipinski definition) is 1. The molecular formula is C14H13N5OS. The molecule has 0 atom stereocenters. The number of anilines is 1. The lowest BCUT2D eigenvalue weighted by Crippen LogP contribution is -2.14. The Hall–Kier alpha value is -2.54. The molecule has 1 amide bonds. The normalized spacial score (nSPS) is 10.5. The highest BCUT2D eigenvalue weighted by atomic mass is 32.1. The van der Waals surface area contributed by atoms with Crippen LogP contribution in [0.2, 0.25) is 0 Å². The number of tetrazole rings is 1. The van der Waals surface area contributed by atoms with Gasteiger partial charge in [0.25, 0.3) is 0 Å². The highest BCUT2D eigenvalue weighted by Crippen LogP contribution is 2.18. The van der Waals surface area contributed by atoms with Crippen LogP contribution in [0.5, 0.6) is 0 Å². The van der Waals surface area contributed by atoms with Crippen LogP contribution in [-0.2, 0) is 11.2 Å². The molecule has 3 aromatic rings. The minimum absolute atomic E-state index is 0.0213. The molecule has 2 heterocycles. The Kier molecular flexibility index (Phi) is 3.74. The van der Waals surface area contributed by atoms with Gasteiger partial charge < -0.3 is 5.32 Å². The van der Waals surface area contributed by atoms with E-state index in [2.05, 4.69) is 20.8 Å². The molecule has 21 heavy (non-hydrogen) atoms. The van der Waals surface area contributed by atoms with Gasteiger partial charge in [0, 0.05) is 10.6 Å². The highest BCUT2D eigenvalue weighted by molar-refractivity contribution is 7.10. The standard InChI is InChI=1S/C14H13N5OS/c1-10-7-11(4-5-13(10)19-9-15-17-18-19)16-14(20)8-12-3-2-6-21-12/h2-7,9H,8H2,1H3,(H,16,20). The third kappa shape index (κ3) is 3.14. The van der Waals surface area contributed by atoms with Crippen LogP contribution in [0.25, 0.3) is 5.69 Å². The molecule has 106 valence electrons. The van der Waals surface area contributed by atoms with E-state index >= 15 is 0 Å². The van der Waals surface area contributed by atoms with E-state index in [9.17, 15) is 4.79 Å². The molecule has 0 aliphatic heterocycles. The molecule has 0 fully saturated rings. The van der Waals surface area contributed by atoms with Crippen LogP contribution in [0.1, 0.15) is 10.4 Å². The third-order valence-electron chi connectivity index (χ3n) is 2.99. The van der Waals surface area contributed by atoms with Crippen molar-refractivity contribution in [3.8, 4) is 5.69 Å². The number of aryl methyl sites for hydroxylation is 1. The van der Waals surface area contributed by atoms with Crippen molar-refractivity contribution in [1.29, 1.82) is 0 Å². The van der Waals surface area contributed by atoms with Gasteiger partial charge in [-0.2, -0.15) is 0 Å². The summed E-state index contributed by atoms with van der Waals surface area (Å²) in [5.74, 6) is -0.0213. The zero-order valence-corrected chi connectivity index (χ0v) is 12.2. The van der Waals surface area contributed by atoms with Gasteiger partial charge in [0.2, 0.25) is 5.91 Å². The number of carbonyl (C=O) groups is 1. The Balaban J connectivity index is 1.72. The Bertz CT molecular complexity index is 737. The quantitative estimate of drug-likeness (QED) is 0.801. The molecule has 0 bridgehead atoms. The first-order valence-corrected chi connectivity index (χ1v) is 7.26. The van der Waals surface area contributed by atoms with Gasteiger partial charge in [0.1, 0.15) is 6.33 Å². The number of nitrogens with zero attached hydrogens (tertiary/aromatic N) is 4. The summed E-state index contributed by atoms with van der Waals surface area (Å²) < 4.78 is 1.59. The molecule has 7 heteroatoms. The first-order valence-electron chi connectivity index (χ1n) is 6.38. The first kappa shape index (κ1) is 13.4. The minimum atomic E-state index is -0.0213. The van der Waals surface area contributed by atoms with E-state index in [4.69, 9.17) is 0 Å². The lowest BCUT2D eigenvalue weighted by Gasteiger charge is -2.09. The van der Waals surface area contributed by atoms with Gasteiger partial charge in [-0.1, -0.05) is 6.07 Å². The average Bonchev–Trinajstić information content (AvgIpc) is 3.11. The zero-order chi connectivity index (χ0) is 14.7. The van der Waals surface area contributed by atoms with Gasteiger partial charge in [-0.25, -0.2) is 4.68 Å². The fourth-order valence-corrected chi connectivity index (χ4v) is 2.74. The van der Waals surface area contributed by atoms with Crippen LogP contribution >= 0.6 is 11.3 Å². The SMILES string of the molecule is Cc1cc(NC(=O)Cc2cccs2)ccc1-n1cnnn1. The van der Waals surface area contributed by atoms with Crippen molar-refractivity contribution < 1.29 is 4.79 Å². The van der Waals surface area contributed by atoms with Crippen molar-refractivity contribution in [2.45, 2.75) is 13.3 Å². The highest BCUT2D eigenvalue weighted by Gasteiger charge is 2.07. The average molecular weight is 299 g/mol. The molecule has 0 unspecified atom stereocenters. The summed E-state index contributed by atoms with van der Waals surface area (Å²) in [7, 11) is 0. The second kappa shape index (κ2) is 5.84. The van der Waals surface area contributed by atoms with Crippen LogP contribution < -0.4 is 5.32 Å². The van der Waals surface area contributed by atoms with Crippen LogP contribution in [0.4, 0.5) is 5.69 Å². The smallest absolute Gasteiger partial charge is 0.229 e. The van der Waals surface area contributed by atoms with Gasteiger partial charge in [-0.3, -0.25) is 4.79 Å². The molecule has 3 rings (SSSR count). The van der Waals surface area contributed by atoms with Crippen molar-refractivity contribution in [2.24, 2.45) is 0 Å². The van der Waals surface area contributed by atoms with E-state index in [1.54, 1.807) is 16.0 Å². The Morgan fingerprint density at radius 1 is 1.38 bits per heavy atom. The summed E-state index contributed by atoms with van der Waals surface area (Å²) in [6, 6.07) is 9.53. The predicted octanol–water partition coefficient (Wildman–Crippen LogP) is 2.21. The summed E-state index contributed by atoms with van der Waals surface area (Å²) in [6.07, 6.45) is 1.93. The van der Waals surface area contributed by atoms with Crippen molar-refractivity contribution in [2.75, 3.05) is 5.32 Å². The summed E-state index contributed by atoms with van der Waals surface area (Å²) in [5.41, 5.74) is 2.64. The summed E-state index contributed by atoms with van der Waals surface area (Å²) in [6.45, 7) is 1.95. The topological polar surface area (TPSA) is 72.7 Å². The van der Waals surface area contributed by atoms with Gasteiger partial charge in [0.05, 0.1) is 12.1 Å². The van der Waals surface area contributed by atoms with Crippen LogP contribution in [0.15, 0.2) is 42.0 Å².